The van der Waals surface area contributed by atoms with Gasteiger partial charge >= 0.3 is 0 Å². The van der Waals surface area contributed by atoms with Crippen LogP contribution in [0.4, 0.5) is 17.5 Å². The Morgan fingerprint density at radius 1 is 1.03 bits per heavy atom. The van der Waals surface area contributed by atoms with E-state index in [1.807, 2.05) is 50.2 Å². The highest BCUT2D eigenvalue weighted by atomic mass is 32.3. The molecule has 9 heteroatoms. The third-order valence-corrected chi connectivity index (χ3v) is 7.77. The molecule has 0 bridgehead atoms. The van der Waals surface area contributed by atoms with Crippen LogP contribution in [0.3, 0.4) is 0 Å². The van der Waals surface area contributed by atoms with Crippen molar-refractivity contribution in [2.75, 3.05) is 16.9 Å². The maximum atomic E-state index is 12.7. The Kier molecular flexibility index (Phi) is 6.84. The Labute approximate surface area is 180 Å². The van der Waals surface area contributed by atoms with Crippen molar-refractivity contribution in [1.29, 1.82) is 0 Å². The molecule has 0 fully saturated rings. The van der Waals surface area contributed by atoms with E-state index in [1.165, 1.54) is 0 Å². The van der Waals surface area contributed by atoms with E-state index in [0.29, 0.717) is 11.5 Å². The van der Waals surface area contributed by atoms with Gasteiger partial charge in [0.25, 0.3) is 10.0 Å². The zero-order chi connectivity index (χ0) is 21.7. The normalized spacial score (nSPS) is 12.7. The zero-order valence-corrected chi connectivity index (χ0v) is 19.0. The molecule has 0 aliphatic carbocycles. The number of sulfonamides is 1. The molecule has 30 heavy (non-hydrogen) atoms. The standard InChI is InChI=1S/C21H25N5O2S2/c1-15(2)23-20-13-14-22-21(25-20)24-17-9-11-18(12-10-17)29(4)26-30(27,28)19-8-6-5-7-16(19)3/h5-15H,1-4H3,(H2,22,23,24,25). The van der Waals surface area contributed by atoms with Crippen LogP contribution in [-0.2, 0) is 20.7 Å². The Bertz CT molecular complexity index is 1160. The summed E-state index contributed by atoms with van der Waals surface area (Å²) in [6.45, 7) is 5.85. The summed E-state index contributed by atoms with van der Waals surface area (Å²) in [4.78, 5) is 9.73. The van der Waals surface area contributed by atoms with E-state index < -0.39 is 20.7 Å². The Balaban J connectivity index is 1.77. The second-order valence-corrected chi connectivity index (χ2v) is 10.4. The quantitative estimate of drug-likeness (QED) is 0.557. The van der Waals surface area contributed by atoms with Crippen LogP contribution in [0.5, 0.6) is 0 Å². The average molecular weight is 444 g/mol. The Morgan fingerprint density at radius 2 is 1.73 bits per heavy atom. The summed E-state index contributed by atoms with van der Waals surface area (Å²) in [7, 11) is -4.53. The molecule has 1 aromatic heterocycles. The van der Waals surface area contributed by atoms with Crippen molar-refractivity contribution in [3.8, 4) is 0 Å². The molecule has 1 heterocycles. The highest BCUT2D eigenvalue weighted by Gasteiger charge is 2.15. The first kappa shape index (κ1) is 21.9. The monoisotopic (exact) mass is 443 g/mol. The van der Waals surface area contributed by atoms with Gasteiger partial charge in [-0.25, -0.2) is 4.98 Å². The van der Waals surface area contributed by atoms with E-state index in [0.717, 1.165) is 16.4 Å². The lowest BCUT2D eigenvalue weighted by molar-refractivity contribution is 0.598. The zero-order valence-electron chi connectivity index (χ0n) is 17.3. The molecule has 0 radical (unpaired) electrons. The van der Waals surface area contributed by atoms with Crippen molar-refractivity contribution in [3.05, 3.63) is 66.4 Å². The number of hydrogen-bond donors (Lipinski definition) is 2. The van der Waals surface area contributed by atoms with E-state index in [4.69, 9.17) is 0 Å². The lowest BCUT2D eigenvalue weighted by Crippen LogP contribution is -2.11. The lowest BCUT2D eigenvalue weighted by Gasteiger charge is -2.11. The molecule has 2 N–H and O–H groups in total. The number of hydrogen-bond acceptors (Lipinski definition) is 6. The maximum absolute atomic E-state index is 12.7. The summed E-state index contributed by atoms with van der Waals surface area (Å²) in [5.74, 6) is 1.23. The molecule has 0 aliphatic heterocycles. The van der Waals surface area contributed by atoms with Gasteiger partial charge in [0, 0.05) is 22.8 Å². The van der Waals surface area contributed by atoms with Gasteiger partial charge in [0.1, 0.15) is 5.82 Å². The van der Waals surface area contributed by atoms with Crippen molar-refractivity contribution in [1.82, 2.24) is 9.97 Å². The molecule has 0 aliphatic rings. The highest BCUT2D eigenvalue weighted by Crippen LogP contribution is 2.21. The van der Waals surface area contributed by atoms with Crippen molar-refractivity contribution in [2.24, 2.45) is 3.77 Å². The van der Waals surface area contributed by atoms with Crippen molar-refractivity contribution >= 4 is 38.2 Å². The number of aromatic nitrogens is 2. The molecule has 7 nitrogen and oxygen atoms in total. The van der Waals surface area contributed by atoms with Crippen LogP contribution in [0.1, 0.15) is 19.4 Å². The topological polar surface area (TPSA) is 96.3 Å². The molecular weight excluding hydrogens is 418 g/mol. The van der Waals surface area contributed by atoms with Crippen LogP contribution < -0.4 is 10.6 Å². The van der Waals surface area contributed by atoms with E-state index >= 15 is 0 Å². The van der Waals surface area contributed by atoms with Crippen LogP contribution in [-0.4, -0.2) is 30.7 Å². The van der Waals surface area contributed by atoms with E-state index in [9.17, 15) is 8.42 Å². The molecule has 0 amide bonds. The van der Waals surface area contributed by atoms with Gasteiger partial charge in [0.15, 0.2) is 0 Å². The van der Waals surface area contributed by atoms with Gasteiger partial charge in [0.2, 0.25) is 5.95 Å². The van der Waals surface area contributed by atoms with E-state index in [2.05, 4.69) is 24.4 Å². The van der Waals surface area contributed by atoms with E-state index in [1.54, 1.807) is 37.6 Å². The first-order valence-corrected chi connectivity index (χ1v) is 12.4. The number of benzene rings is 2. The molecule has 0 saturated carbocycles. The largest absolute Gasteiger partial charge is 0.368 e. The second-order valence-electron chi connectivity index (χ2n) is 7.01. The SMILES string of the molecule is Cc1ccccc1S(=O)(=O)N=S(C)c1ccc(Nc2nccc(NC(C)C)n2)cc1. The smallest absolute Gasteiger partial charge is 0.288 e. The van der Waals surface area contributed by atoms with Gasteiger partial charge in [-0.15, -0.1) is 3.77 Å². The molecule has 0 spiro atoms. The minimum absolute atomic E-state index is 0.245. The minimum atomic E-state index is -3.72. The van der Waals surface area contributed by atoms with Crippen LogP contribution >= 0.6 is 0 Å². The first-order chi connectivity index (χ1) is 14.2. The molecule has 3 aromatic rings. The third kappa shape index (κ3) is 5.64. The summed E-state index contributed by atoms with van der Waals surface area (Å²) in [6.07, 6.45) is 3.48. The molecule has 1 atom stereocenters. The van der Waals surface area contributed by atoms with Gasteiger partial charge in [-0.2, -0.15) is 13.4 Å². The molecule has 2 aromatic carbocycles. The van der Waals surface area contributed by atoms with Gasteiger partial charge in [-0.3, -0.25) is 0 Å². The van der Waals surface area contributed by atoms with Gasteiger partial charge < -0.3 is 10.6 Å². The molecule has 0 saturated heterocycles. The van der Waals surface area contributed by atoms with Crippen LogP contribution in [0.25, 0.3) is 0 Å². The Morgan fingerprint density at radius 3 is 2.40 bits per heavy atom. The highest BCUT2D eigenvalue weighted by molar-refractivity contribution is 7.99. The number of aryl methyl sites for hydroxylation is 1. The molecule has 3 rings (SSSR count). The second kappa shape index (κ2) is 9.36. The fourth-order valence-corrected chi connectivity index (χ4v) is 5.83. The number of nitrogens with one attached hydrogen (secondary N) is 2. The van der Waals surface area contributed by atoms with Gasteiger partial charge in [-0.05, 0) is 69.0 Å². The van der Waals surface area contributed by atoms with Crippen molar-refractivity contribution < 1.29 is 8.42 Å². The number of rotatable bonds is 7. The molecule has 1 unspecified atom stereocenters. The summed E-state index contributed by atoms with van der Waals surface area (Å²) in [6, 6.07) is 16.4. The minimum Gasteiger partial charge on any atom is -0.368 e. The average Bonchev–Trinajstić information content (AvgIpc) is 2.68. The summed E-state index contributed by atoms with van der Waals surface area (Å²) in [5, 5.41) is 6.39. The summed E-state index contributed by atoms with van der Waals surface area (Å²) >= 11 is 0. The van der Waals surface area contributed by atoms with Crippen molar-refractivity contribution in [2.45, 2.75) is 36.6 Å². The number of nitrogens with zero attached hydrogens (tertiary/aromatic N) is 3. The summed E-state index contributed by atoms with van der Waals surface area (Å²) in [5.41, 5.74) is 1.49. The van der Waals surface area contributed by atoms with Crippen molar-refractivity contribution in [3.63, 3.8) is 0 Å². The van der Waals surface area contributed by atoms with E-state index in [-0.39, 0.29) is 10.9 Å². The molecule has 158 valence electrons. The fourth-order valence-electron chi connectivity index (χ4n) is 2.74. The predicted octanol–water partition coefficient (Wildman–Crippen LogP) is 4.53. The van der Waals surface area contributed by atoms with Gasteiger partial charge in [-0.1, -0.05) is 28.9 Å². The van der Waals surface area contributed by atoms with Crippen LogP contribution in [0, 0.1) is 6.92 Å². The maximum Gasteiger partial charge on any atom is 0.288 e. The Hall–Kier alpha value is -2.78. The predicted molar refractivity (Wildman–Crippen MR) is 123 cm³/mol. The first-order valence-electron chi connectivity index (χ1n) is 9.41. The third-order valence-electron chi connectivity index (χ3n) is 4.13. The summed E-state index contributed by atoms with van der Waals surface area (Å²) < 4.78 is 29.4. The van der Waals surface area contributed by atoms with Gasteiger partial charge in [0.05, 0.1) is 4.90 Å². The van der Waals surface area contributed by atoms with Crippen LogP contribution in [0.15, 0.2) is 74.4 Å². The number of anilines is 3. The lowest BCUT2D eigenvalue weighted by atomic mass is 10.2. The fraction of sp³-hybridized carbons (Fsp3) is 0.238. The van der Waals surface area contributed by atoms with Crippen LogP contribution in [0.2, 0.25) is 0 Å². The molecular formula is C21H25N5O2S2.